The molecule has 134 valence electrons. The topological polar surface area (TPSA) is 72.8 Å². The van der Waals surface area contributed by atoms with Gasteiger partial charge in [-0.3, -0.25) is 9.59 Å². The van der Waals surface area contributed by atoms with Gasteiger partial charge >= 0.3 is 11.9 Å². The van der Waals surface area contributed by atoms with Crippen molar-refractivity contribution in [3.05, 3.63) is 34.3 Å². The second-order valence-corrected chi connectivity index (χ2v) is 7.59. The maximum absolute atomic E-state index is 11.8. The number of aliphatic carboxylic acids is 1. The zero-order valence-electron chi connectivity index (χ0n) is 14.6. The van der Waals surface area contributed by atoms with Crippen molar-refractivity contribution in [3.63, 3.8) is 0 Å². The highest BCUT2D eigenvalue weighted by molar-refractivity contribution is 9.10. The Morgan fingerprint density at radius 2 is 1.92 bits per heavy atom. The number of ether oxygens (including phenoxy) is 2. The van der Waals surface area contributed by atoms with Crippen molar-refractivity contribution in [2.45, 2.75) is 39.0 Å². The van der Waals surface area contributed by atoms with E-state index in [0.29, 0.717) is 19.4 Å². The first-order valence-corrected chi connectivity index (χ1v) is 8.58. The van der Waals surface area contributed by atoms with Crippen LogP contribution in [0.25, 0.3) is 0 Å². The average molecular weight is 401 g/mol. The number of hydrogen-bond donors (Lipinski definition) is 1. The van der Waals surface area contributed by atoms with Gasteiger partial charge in [-0.25, -0.2) is 0 Å². The smallest absolute Gasteiger partial charge is 0.313 e. The van der Waals surface area contributed by atoms with Gasteiger partial charge in [0.2, 0.25) is 0 Å². The molecule has 6 heteroatoms. The summed E-state index contributed by atoms with van der Waals surface area (Å²) in [5, 5.41) is 9.65. The van der Waals surface area contributed by atoms with E-state index in [2.05, 4.69) is 15.9 Å². The predicted molar refractivity (Wildman–Crippen MR) is 95.0 cm³/mol. The van der Waals surface area contributed by atoms with E-state index < -0.39 is 16.8 Å². The largest absolute Gasteiger partial charge is 0.481 e. The van der Waals surface area contributed by atoms with E-state index in [0.717, 1.165) is 10.0 Å². The molecule has 0 aliphatic carbocycles. The molecular weight excluding hydrogens is 376 g/mol. The molecule has 0 fully saturated rings. The molecule has 0 aromatic heterocycles. The number of methoxy groups -OCH3 is 1. The van der Waals surface area contributed by atoms with Gasteiger partial charge in [0, 0.05) is 11.1 Å². The highest BCUT2D eigenvalue weighted by Gasteiger charge is 2.35. The van der Waals surface area contributed by atoms with Gasteiger partial charge in [0.05, 0.1) is 24.5 Å². The zero-order chi connectivity index (χ0) is 18.4. The lowest BCUT2D eigenvalue weighted by atomic mass is 9.78. The van der Waals surface area contributed by atoms with Crippen LogP contribution in [-0.2, 0) is 24.5 Å². The molecule has 1 N–H and O–H groups in total. The van der Waals surface area contributed by atoms with Crippen molar-refractivity contribution >= 4 is 27.9 Å². The second kappa shape index (κ2) is 8.62. The van der Waals surface area contributed by atoms with Crippen LogP contribution in [0.15, 0.2) is 28.7 Å². The third-order valence-corrected chi connectivity index (χ3v) is 4.59. The molecule has 0 amide bonds. The van der Waals surface area contributed by atoms with Crippen LogP contribution in [0.2, 0.25) is 0 Å². The van der Waals surface area contributed by atoms with Gasteiger partial charge in [0.25, 0.3) is 0 Å². The summed E-state index contributed by atoms with van der Waals surface area (Å²) in [4.78, 5) is 23.3. The zero-order valence-corrected chi connectivity index (χ0v) is 16.2. The Hall–Kier alpha value is -1.40. The van der Waals surface area contributed by atoms with E-state index in [1.807, 2.05) is 24.3 Å². The number of rotatable bonds is 9. The van der Waals surface area contributed by atoms with E-state index in [1.54, 1.807) is 20.8 Å². The van der Waals surface area contributed by atoms with Crippen molar-refractivity contribution in [1.29, 1.82) is 0 Å². The summed E-state index contributed by atoms with van der Waals surface area (Å²) in [7, 11) is 1.35. The highest BCUT2D eigenvalue weighted by atomic mass is 79.9. The van der Waals surface area contributed by atoms with Gasteiger partial charge in [-0.15, -0.1) is 0 Å². The lowest BCUT2D eigenvalue weighted by Gasteiger charge is -2.26. The fourth-order valence-corrected chi connectivity index (χ4v) is 2.80. The van der Waals surface area contributed by atoms with Crippen LogP contribution in [0.3, 0.4) is 0 Å². The van der Waals surface area contributed by atoms with Crippen molar-refractivity contribution in [1.82, 2.24) is 0 Å². The highest BCUT2D eigenvalue weighted by Crippen LogP contribution is 2.31. The third-order valence-electron chi connectivity index (χ3n) is 4.10. The summed E-state index contributed by atoms with van der Waals surface area (Å²) >= 11 is 3.38. The quantitative estimate of drug-likeness (QED) is 0.504. The first-order valence-electron chi connectivity index (χ1n) is 7.79. The fourth-order valence-electron chi connectivity index (χ4n) is 2.40. The molecule has 0 aliphatic rings. The summed E-state index contributed by atoms with van der Waals surface area (Å²) in [6.45, 7) is 5.84. The minimum absolute atomic E-state index is 0.236. The van der Waals surface area contributed by atoms with E-state index in [9.17, 15) is 14.7 Å². The Kier molecular flexibility index (Phi) is 7.42. The van der Waals surface area contributed by atoms with Gasteiger partial charge in [0.1, 0.15) is 0 Å². The summed E-state index contributed by atoms with van der Waals surface area (Å²) in [5.74, 6) is -1.19. The van der Waals surface area contributed by atoms with E-state index in [-0.39, 0.29) is 12.6 Å². The van der Waals surface area contributed by atoms with E-state index in [4.69, 9.17) is 9.47 Å². The third kappa shape index (κ3) is 5.31. The summed E-state index contributed by atoms with van der Waals surface area (Å²) in [5.41, 5.74) is -0.945. The molecule has 0 saturated carbocycles. The molecule has 0 spiro atoms. The summed E-state index contributed by atoms with van der Waals surface area (Å²) in [6, 6.07) is 7.34. The van der Waals surface area contributed by atoms with Crippen LogP contribution in [0.1, 0.15) is 39.2 Å². The van der Waals surface area contributed by atoms with Crippen LogP contribution in [0.5, 0.6) is 0 Å². The average Bonchev–Trinajstić information content (AvgIpc) is 2.53. The number of carboxylic acids is 1. The first-order chi connectivity index (χ1) is 11.1. The molecule has 0 saturated heterocycles. The molecular formula is C18H25BrO5. The maximum atomic E-state index is 11.8. The predicted octanol–water partition coefficient (Wildman–Crippen LogP) is 3.79. The lowest BCUT2D eigenvalue weighted by molar-refractivity contribution is -0.154. The van der Waals surface area contributed by atoms with E-state index in [1.165, 1.54) is 7.11 Å². The molecule has 1 atom stereocenters. The number of carboxylic acid groups (broad SMARTS) is 1. The lowest BCUT2D eigenvalue weighted by Crippen LogP contribution is -2.33. The van der Waals surface area contributed by atoms with Gasteiger partial charge in [0.15, 0.2) is 0 Å². The molecule has 1 aromatic carbocycles. The number of halogens is 1. The van der Waals surface area contributed by atoms with Crippen molar-refractivity contribution in [3.8, 4) is 0 Å². The van der Waals surface area contributed by atoms with Crippen molar-refractivity contribution in [2.75, 3.05) is 20.3 Å². The molecule has 5 nitrogen and oxygen atoms in total. The summed E-state index contributed by atoms with van der Waals surface area (Å²) < 4.78 is 11.1. The van der Waals surface area contributed by atoms with Gasteiger partial charge in [-0.05, 0) is 51.3 Å². The standard InChI is InChI=1S/C18H25BrO5/c1-17(2,16(22)23-4)12-24-10-6-9-18(3,15(20)21)13-7-5-8-14(19)11-13/h5,7-8,11H,6,9-10,12H2,1-4H3,(H,20,21). The molecule has 1 unspecified atom stereocenters. The van der Waals surface area contributed by atoms with Crippen LogP contribution in [0, 0.1) is 5.41 Å². The Morgan fingerprint density at radius 1 is 1.25 bits per heavy atom. The molecule has 0 bridgehead atoms. The van der Waals surface area contributed by atoms with Gasteiger partial charge < -0.3 is 14.6 Å². The van der Waals surface area contributed by atoms with Crippen LogP contribution in [-0.4, -0.2) is 37.4 Å². The Labute approximate surface area is 151 Å². The van der Waals surface area contributed by atoms with Crippen molar-refractivity contribution < 1.29 is 24.2 Å². The van der Waals surface area contributed by atoms with Gasteiger partial charge in [-0.1, -0.05) is 28.1 Å². The molecule has 0 aliphatic heterocycles. The maximum Gasteiger partial charge on any atom is 0.313 e. The molecule has 0 radical (unpaired) electrons. The van der Waals surface area contributed by atoms with Crippen LogP contribution in [0.4, 0.5) is 0 Å². The molecule has 0 heterocycles. The molecule has 1 aromatic rings. The minimum Gasteiger partial charge on any atom is -0.481 e. The van der Waals surface area contributed by atoms with Crippen LogP contribution < -0.4 is 0 Å². The number of esters is 1. The van der Waals surface area contributed by atoms with E-state index >= 15 is 0 Å². The Bertz CT molecular complexity index is 585. The minimum atomic E-state index is -0.981. The number of benzene rings is 1. The Balaban J connectivity index is 2.60. The second-order valence-electron chi connectivity index (χ2n) is 6.68. The Morgan fingerprint density at radius 3 is 2.46 bits per heavy atom. The normalized spacial score (nSPS) is 14.0. The molecule has 24 heavy (non-hydrogen) atoms. The number of carbonyl (C=O) groups is 2. The number of carbonyl (C=O) groups excluding carboxylic acids is 1. The van der Waals surface area contributed by atoms with Crippen LogP contribution >= 0.6 is 15.9 Å². The first kappa shape index (κ1) is 20.6. The molecule has 1 rings (SSSR count). The monoisotopic (exact) mass is 400 g/mol. The summed E-state index contributed by atoms with van der Waals surface area (Å²) in [6.07, 6.45) is 1.02. The fraction of sp³-hybridized carbons (Fsp3) is 0.556. The van der Waals surface area contributed by atoms with Crippen molar-refractivity contribution in [2.24, 2.45) is 5.41 Å². The SMILES string of the molecule is COC(=O)C(C)(C)COCCCC(C)(C(=O)O)c1cccc(Br)c1. The number of hydrogen-bond acceptors (Lipinski definition) is 4. The van der Waals surface area contributed by atoms with Gasteiger partial charge in [-0.2, -0.15) is 0 Å².